The Labute approximate surface area is 177 Å². The second-order valence-electron chi connectivity index (χ2n) is 8.47. The number of hydrogen-bond donors (Lipinski definition) is 1. The molecule has 30 heavy (non-hydrogen) atoms. The molecule has 1 N–H and O–H groups in total. The van der Waals surface area contributed by atoms with Crippen LogP contribution in [0.3, 0.4) is 0 Å². The van der Waals surface area contributed by atoms with Crippen LogP contribution in [-0.2, 0) is 16.1 Å². The van der Waals surface area contributed by atoms with Crippen LogP contribution in [0, 0.1) is 11.7 Å². The van der Waals surface area contributed by atoms with Gasteiger partial charge in [0.15, 0.2) is 0 Å². The van der Waals surface area contributed by atoms with Gasteiger partial charge in [-0.2, -0.15) is 5.10 Å². The van der Waals surface area contributed by atoms with Crippen LogP contribution in [0.1, 0.15) is 44.1 Å². The predicted molar refractivity (Wildman–Crippen MR) is 113 cm³/mol. The molecule has 0 bridgehead atoms. The third-order valence-electron chi connectivity index (χ3n) is 6.15. The van der Waals surface area contributed by atoms with Crippen molar-refractivity contribution < 1.29 is 13.9 Å². The summed E-state index contributed by atoms with van der Waals surface area (Å²) in [6, 6.07) is 6.47. The highest BCUT2D eigenvalue weighted by Crippen LogP contribution is 2.23. The Bertz CT molecular complexity index is 826. The van der Waals surface area contributed by atoms with E-state index in [1.165, 1.54) is 12.1 Å². The number of halogens is 1. The van der Waals surface area contributed by atoms with E-state index in [2.05, 4.69) is 15.3 Å². The molecule has 1 aromatic carbocycles. The van der Waals surface area contributed by atoms with Crippen LogP contribution >= 0.6 is 0 Å². The Morgan fingerprint density at radius 3 is 2.90 bits per heavy atom. The Balaban J connectivity index is 1.16. The van der Waals surface area contributed by atoms with E-state index in [4.69, 9.17) is 4.74 Å². The summed E-state index contributed by atoms with van der Waals surface area (Å²) in [6.45, 7) is 4.40. The standard InChI is InChI=1S/C23H31FN4O2/c24-20-3-1-4-21(13-20)28-17-19(14-26-28)16-27-10-8-18(9-11-27)6-7-23(29)25-15-22-5-2-12-30-22/h1,3-4,13-14,17-18,22H,2,5-12,15-16H2,(H,25,29)/t22-/m0/s1. The molecule has 1 amide bonds. The Kier molecular flexibility index (Phi) is 7.12. The highest BCUT2D eigenvalue weighted by molar-refractivity contribution is 5.75. The lowest BCUT2D eigenvalue weighted by atomic mass is 9.92. The van der Waals surface area contributed by atoms with Crippen LogP contribution in [-0.4, -0.2) is 52.9 Å². The summed E-state index contributed by atoms with van der Waals surface area (Å²) in [6.07, 6.45) is 10.0. The van der Waals surface area contributed by atoms with Gasteiger partial charge in [0, 0.05) is 37.9 Å². The number of ether oxygens (including phenoxy) is 1. The van der Waals surface area contributed by atoms with Crippen molar-refractivity contribution >= 4 is 5.91 Å². The first-order valence-electron chi connectivity index (χ1n) is 11.1. The van der Waals surface area contributed by atoms with Gasteiger partial charge in [0.25, 0.3) is 0 Å². The Morgan fingerprint density at radius 2 is 2.13 bits per heavy atom. The first kappa shape index (κ1) is 21.0. The van der Waals surface area contributed by atoms with Gasteiger partial charge in [-0.15, -0.1) is 0 Å². The minimum Gasteiger partial charge on any atom is -0.376 e. The fourth-order valence-electron chi connectivity index (χ4n) is 4.35. The molecule has 0 radical (unpaired) electrons. The van der Waals surface area contributed by atoms with Gasteiger partial charge in [0.2, 0.25) is 5.91 Å². The topological polar surface area (TPSA) is 59.4 Å². The van der Waals surface area contributed by atoms with Gasteiger partial charge in [-0.05, 0) is 69.3 Å². The van der Waals surface area contributed by atoms with Gasteiger partial charge >= 0.3 is 0 Å². The van der Waals surface area contributed by atoms with E-state index in [0.29, 0.717) is 18.9 Å². The average Bonchev–Trinajstić information content (AvgIpc) is 3.44. The van der Waals surface area contributed by atoms with E-state index in [1.807, 2.05) is 18.5 Å². The maximum Gasteiger partial charge on any atom is 0.220 e. The summed E-state index contributed by atoms with van der Waals surface area (Å²) >= 11 is 0. The number of piperidine rings is 1. The highest BCUT2D eigenvalue weighted by Gasteiger charge is 2.21. The maximum absolute atomic E-state index is 13.4. The van der Waals surface area contributed by atoms with Crippen molar-refractivity contribution in [1.29, 1.82) is 0 Å². The van der Waals surface area contributed by atoms with Crippen molar-refractivity contribution in [2.45, 2.75) is 51.2 Å². The monoisotopic (exact) mass is 414 g/mol. The molecule has 0 unspecified atom stereocenters. The zero-order valence-electron chi connectivity index (χ0n) is 17.4. The molecule has 0 saturated carbocycles. The molecular weight excluding hydrogens is 383 g/mol. The fourth-order valence-corrected chi connectivity index (χ4v) is 4.35. The molecule has 162 valence electrons. The van der Waals surface area contributed by atoms with Crippen LogP contribution in [0.2, 0.25) is 0 Å². The van der Waals surface area contributed by atoms with Crippen molar-refractivity contribution in [2.24, 2.45) is 5.92 Å². The number of amides is 1. The van der Waals surface area contributed by atoms with Crippen molar-refractivity contribution in [3.05, 3.63) is 48.0 Å². The van der Waals surface area contributed by atoms with Gasteiger partial charge in [0.05, 0.1) is 18.0 Å². The van der Waals surface area contributed by atoms with Crippen LogP contribution in [0.5, 0.6) is 0 Å². The van der Waals surface area contributed by atoms with Crippen molar-refractivity contribution in [3.8, 4) is 5.69 Å². The number of hydrogen-bond acceptors (Lipinski definition) is 4. The number of carbonyl (C=O) groups excluding carboxylic acids is 1. The zero-order chi connectivity index (χ0) is 20.8. The molecule has 2 aliphatic rings. The number of nitrogens with one attached hydrogen (secondary N) is 1. The molecule has 0 spiro atoms. The summed E-state index contributed by atoms with van der Waals surface area (Å²) in [5, 5.41) is 7.39. The summed E-state index contributed by atoms with van der Waals surface area (Å²) in [4.78, 5) is 14.5. The fraction of sp³-hybridized carbons (Fsp3) is 0.565. The van der Waals surface area contributed by atoms with Gasteiger partial charge in [0.1, 0.15) is 5.82 Å². The van der Waals surface area contributed by atoms with Crippen molar-refractivity contribution in [3.63, 3.8) is 0 Å². The van der Waals surface area contributed by atoms with E-state index >= 15 is 0 Å². The lowest BCUT2D eigenvalue weighted by Gasteiger charge is -2.31. The Hall–Kier alpha value is -2.25. The molecule has 2 saturated heterocycles. The number of aromatic nitrogens is 2. The number of nitrogens with zero attached hydrogens (tertiary/aromatic N) is 3. The third kappa shape index (κ3) is 5.89. The maximum atomic E-state index is 13.4. The summed E-state index contributed by atoms with van der Waals surface area (Å²) < 4.78 is 20.7. The largest absolute Gasteiger partial charge is 0.376 e. The van der Waals surface area contributed by atoms with Gasteiger partial charge in [-0.25, -0.2) is 9.07 Å². The lowest BCUT2D eigenvalue weighted by molar-refractivity contribution is -0.122. The van der Waals surface area contributed by atoms with Crippen LogP contribution < -0.4 is 5.32 Å². The number of benzene rings is 1. The second kappa shape index (κ2) is 10.2. The lowest BCUT2D eigenvalue weighted by Crippen LogP contribution is -2.34. The SMILES string of the molecule is O=C(CCC1CCN(Cc2cnn(-c3cccc(F)c3)c2)CC1)NC[C@@H]1CCCO1. The second-order valence-corrected chi connectivity index (χ2v) is 8.47. The van der Waals surface area contributed by atoms with Crippen LogP contribution in [0.25, 0.3) is 5.69 Å². The first-order valence-corrected chi connectivity index (χ1v) is 11.1. The van der Waals surface area contributed by atoms with Gasteiger partial charge in [-0.3, -0.25) is 9.69 Å². The summed E-state index contributed by atoms with van der Waals surface area (Å²) in [5.41, 5.74) is 1.86. The molecule has 1 aromatic heterocycles. The normalized spacial score (nSPS) is 20.5. The van der Waals surface area contributed by atoms with Crippen molar-refractivity contribution in [2.75, 3.05) is 26.2 Å². The molecule has 4 rings (SSSR count). The molecule has 2 fully saturated rings. The third-order valence-corrected chi connectivity index (χ3v) is 6.15. The molecule has 2 aliphatic heterocycles. The van der Waals surface area contributed by atoms with Gasteiger partial charge < -0.3 is 10.1 Å². The summed E-state index contributed by atoms with van der Waals surface area (Å²) in [7, 11) is 0. The molecule has 3 heterocycles. The Morgan fingerprint density at radius 1 is 1.27 bits per heavy atom. The highest BCUT2D eigenvalue weighted by atomic mass is 19.1. The molecule has 7 heteroatoms. The van der Waals surface area contributed by atoms with Gasteiger partial charge in [-0.1, -0.05) is 6.07 Å². The molecule has 2 aromatic rings. The zero-order valence-corrected chi connectivity index (χ0v) is 17.4. The predicted octanol–water partition coefficient (Wildman–Crippen LogP) is 3.30. The molecule has 6 nitrogen and oxygen atoms in total. The van der Waals surface area contributed by atoms with E-state index in [-0.39, 0.29) is 17.8 Å². The number of likely N-dealkylation sites (tertiary alicyclic amines) is 1. The number of carbonyl (C=O) groups is 1. The van der Waals surface area contributed by atoms with E-state index in [9.17, 15) is 9.18 Å². The first-order chi connectivity index (χ1) is 14.7. The average molecular weight is 415 g/mol. The van der Waals surface area contributed by atoms with E-state index in [1.54, 1.807) is 10.7 Å². The molecule has 0 aliphatic carbocycles. The van der Waals surface area contributed by atoms with E-state index < -0.39 is 0 Å². The number of rotatable bonds is 8. The van der Waals surface area contributed by atoms with Crippen LogP contribution in [0.4, 0.5) is 4.39 Å². The minimum absolute atomic E-state index is 0.151. The van der Waals surface area contributed by atoms with Crippen molar-refractivity contribution in [1.82, 2.24) is 20.0 Å². The smallest absolute Gasteiger partial charge is 0.220 e. The minimum atomic E-state index is -0.257. The molecule has 1 atom stereocenters. The van der Waals surface area contributed by atoms with Crippen LogP contribution in [0.15, 0.2) is 36.7 Å². The quantitative estimate of drug-likeness (QED) is 0.720. The summed E-state index contributed by atoms with van der Waals surface area (Å²) in [5.74, 6) is 0.509. The van der Waals surface area contributed by atoms with E-state index in [0.717, 1.165) is 69.6 Å². The molecular formula is C23H31FN4O2.